The number of hydrogen-bond donors (Lipinski definition) is 0. The fourth-order valence-corrected chi connectivity index (χ4v) is 2.64. The van der Waals surface area contributed by atoms with Gasteiger partial charge in [-0.15, -0.1) is 0 Å². The number of ether oxygens (including phenoxy) is 6. The van der Waals surface area contributed by atoms with E-state index in [9.17, 15) is 19.2 Å². The number of carbonyl (C=O) groups excluding carboxylic acids is 4. The molecule has 1 aliphatic heterocycles. The lowest BCUT2D eigenvalue weighted by Gasteiger charge is -2.49. The van der Waals surface area contributed by atoms with E-state index in [4.69, 9.17) is 29.8 Å². The molecule has 1 unspecified atom stereocenters. The highest BCUT2D eigenvalue weighted by molar-refractivity contribution is 5.68. The highest BCUT2D eigenvalue weighted by Crippen LogP contribution is 2.37. The zero-order chi connectivity index (χ0) is 21.5. The molecule has 0 bridgehead atoms. The van der Waals surface area contributed by atoms with Crippen LogP contribution in [0.15, 0.2) is 12.6 Å². The average molecular weight is 389 g/mol. The Morgan fingerprint density at radius 3 is 2.04 bits per heavy atom. The maximum Gasteiger partial charge on any atom is 0.305 e. The minimum Gasteiger partial charge on any atom is -0.462 e. The van der Waals surface area contributed by atoms with Crippen LogP contribution in [0, 0.1) is 0 Å². The molecule has 10 nitrogen and oxygen atoms in total. The molecule has 1 heterocycles. The first-order valence-corrected chi connectivity index (χ1v) is 7.98. The maximum atomic E-state index is 11.7. The monoisotopic (exact) mass is 389 g/mol. The molecule has 1 fully saturated rings. The molecule has 0 aliphatic carbocycles. The molecule has 152 valence electrons. The van der Waals surface area contributed by atoms with Crippen LogP contribution >= 0.6 is 0 Å². The normalized spacial score (nSPS) is 30.9. The zero-order valence-electron chi connectivity index (χ0n) is 16.8. The fraction of sp³-hybridized carbons (Fsp3) is 0.647. The maximum absolute atomic E-state index is 11.7. The molecular formula is C17H24O10. The van der Waals surface area contributed by atoms with Crippen molar-refractivity contribution in [3.63, 3.8) is 0 Å². The molecule has 0 aromatic carbocycles. The third kappa shape index (κ3) is 5.76. The van der Waals surface area contributed by atoms with E-state index in [-0.39, 0.29) is 0 Å². The van der Waals surface area contributed by atoms with E-state index < -0.39 is 60.7 Å². The molecule has 5 atom stereocenters. The Hall–Kier alpha value is -2.46. The highest BCUT2D eigenvalue weighted by atomic mass is 16.7. The minimum atomic E-state index is -1.74. The smallest absolute Gasteiger partial charge is 0.305 e. The van der Waals surface area contributed by atoms with Crippen LogP contribution in [0.2, 0.25) is 0 Å². The average Bonchev–Trinajstić information content (AvgIpc) is 2.56. The van der Waals surface area contributed by atoms with Crippen LogP contribution in [0.3, 0.4) is 0 Å². The van der Waals surface area contributed by atoms with Crippen LogP contribution in [0.25, 0.3) is 0 Å². The van der Waals surface area contributed by atoms with Gasteiger partial charge in [0, 0.05) is 34.8 Å². The molecule has 27 heavy (non-hydrogen) atoms. The van der Waals surface area contributed by atoms with E-state index in [0.717, 1.165) is 40.3 Å². The van der Waals surface area contributed by atoms with Gasteiger partial charge in [0.15, 0.2) is 17.8 Å². The van der Waals surface area contributed by atoms with Crippen molar-refractivity contribution in [1.29, 1.82) is 0 Å². The Morgan fingerprint density at radius 2 is 1.59 bits per heavy atom. The lowest BCUT2D eigenvalue weighted by Crippen LogP contribution is -2.68. The number of esters is 4. The summed E-state index contributed by atoms with van der Waals surface area (Å²) in [5.41, 5.74) is -1.74. The molecule has 0 aromatic rings. The molecule has 0 aromatic heterocycles. The first kappa shape index (κ1) is 20.8. The molecular weight excluding hydrogens is 364 g/mol. The summed E-state index contributed by atoms with van der Waals surface area (Å²) in [7, 11) is 1.26. The molecule has 0 N–H and O–H groups in total. The van der Waals surface area contributed by atoms with Crippen molar-refractivity contribution >= 4 is 23.9 Å². The van der Waals surface area contributed by atoms with E-state index >= 15 is 0 Å². The van der Waals surface area contributed by atoms with Crippen molar-refractivity contribution in [2.45, 2.75) is 57.9 Å². The van der Waals surface area contributed by atoms with E-state index in [1.807, 2.05) is 0 Å². The van der Waals surface area contributed by atoms with Crippen molar-refractivity contribution in [2.24, 2.45) is 0 Å². The van der Waals surface area contributed by atoms with Crippen molar-refractivity contribution in [1.82, 2.24) is 0 Å². The molecule has 1 saturated heterocycles. The zero-order valence-corrected chi connectivity index (χ0v) is 15.8. The van der Waals surface area contributed by atoms with Gasteiger partial charge in [0.25, 0.3) is 0 Å². The minimum absolute atomic E-state index is 0.486. The molecule has 1 aliphatic rings. The van der Waals surface area contributed by atoms with Gasteiger partial charge in [-0.3, -0.25) is 19.2 Å². The molecule has 0 radical (unpaired) electrons. The Balaban J connectivity index is 3.50. The summed E-state index contributed by atoms with van der Waals surface area (Å²) in [6.45, 7) is 4.88. The number of methoxy groups -OCH3 is 1. The molecule has 0 amide bonds. The molecule has 0 saturated carbocycles. The van der Waals surface area contributed by atoms with E-state index in [0.29, 0.717) is 0 Å². The van der Waals surface area contributed by atoms with E-state index in [1.54, 1.807) is 0 Å². The molecule has 0 spiro atoms. The predicted octanol–water partition coefficient (Wildman–Crippen LogP) is 0.272. The second-order valence-corrected chi connectivity index (χ2v) is 5.80. The predicted molar refractivity (Wildman–Crippen MR) is 88.1 cm³/mol. The first-order chi connectivity index (χ1) is 13.1. The second-order valence-electron chi connectivity index (χ2n) is 5.80. The quantitative estimate of drug-likeness (QED) is 0.340. The Morgan fingerprint density at radius 1 is 1.00 bits per heavy atom. The van der Waals surface area contributed by atoms with Crippen molar-refractivity contribution in [3.8, 4) is 0 Å². The summed E-state index contributed by atoms with van der Waals surface area (Å²) < 4.78 is 39.2. The standard InChI is InChI=1S/C17H24O10/c1-7-17(8-23-9(2)18)15(25-11(4)20)13(22-6)14(24-10(3)19)16(27-17)26-12(5)21/h7,13-16H,1,8H2,2-6H3/t13-,14-,15+,16?,17-/m1/s1/i1D. The third-order valence-electron chi connectivity index (χ3n) is 3.64. The van der Waals surface area contributed by atoms with Gasteiger partial charge >= 0.3 is 23.9 Å². The summed E-state index contributed by atoms with van der Waals surface area (Å²) in [6, 6.07) is 0. The third-order valence-corrected chi connectivity index (χ3v) is 3.64. The summed E-state index contributed by atoms with van der Waals surface area (Å²) in [6.07, 6.45) is -4.08. The Kier molecular flexibility index (Phi) is 7.31. The van der Waals surface area contributed by atoms with Crippen LogP contribution in [-0.2, 0) is 47.6 Å². The van der Waals surface area contributed by atoms with Crippen molar-refractivity contribution < 1.29 is 49.0 Å². The fourth-order valence-electron chi connectivity index (χ4n) is 2.64. The van der Waals surface area contributed by atoms with Crippen molar-refractivity contribution in [2.75, 3.05) is 13.7 Å². The van der Waals surface area contributed by atoms with Crippen LogP contribution in [0.1, 0.15) is 29.1 Å². The topological polar surface area (TPSA) is 124 Å². The molecule has 1 rings (SSSR count). The van der Waals surface area contributed by atoms with Crippen LogP contribution in [0.4, 0.5) is 0 Å². The Labute approximate surface area is 158 Å². The lowest BCUT2D eigenvalue weighted by atomic mass is 9.86. The van der Waals surface area contributed by atoms with Crippen LogP contribution in [-0.4, -0.2) is 67.8 Å². The number of hydrogen-bond acceptors (Lipinski definition) is 10. The summed E-state index contributed by atoms with van der Waals surface area (Å²) in [5.74, 6) is -2.87. The number of carbonyl (C=O) groups is 4. The molecule has 10 heteroatoms. The second kappa shape index (κ2) is 9.47. The van der Waals surface area contributed by atoms with Crippen molar-refractivity contribution in [3.05, 3.63) is 12.6 Å². The summed E-state index contributed by atoms with van der Waals surface area (Å²) in [5, 5.41) is 0. The summed E-state index contributed by atoms with van der Waals surface area (Å²) in [4.78, 5) is 46.1. The summed E-state index contributed by atoms with van der Waals surface area (Å²) >= 11 is 0. The van der Waals surface area contributed by atoms with Crippen LogP contribution < -0.4 is 0 Å². The SMILES string of the molecule is [2H]C=C[C@]1(COC(C)=O)OC(OC(C)=O)[C@H](OC(C)=O)[C@@H](OC)[C@@H]1OC(C)=O. The van der Waals surface area contributed by atoms with Gasteiger partial charge in [0.05, 0.1) is 1.37 Å². The van der Waals surface area contributed by atoms with Crippen LogP contribution in [0.5, 0.6) is 0 Å². The van der Waals surface area contributed by atoms with Gasteiger partial charge in [-0.25, -0.2) is 0 Å². The first-order valence-electron chi connectivity index (χ1n) is 8.55. The van der Waals surface area contributed by atoms with E-state index in [1.165, 1.54) is 7.11 Å². The van der Waals surface area contributed by atoms with Gasteiger partial charge in [-0.05, 0) is 0 Å². The van der Waals surface area contributed by atoms with Gasteiger partial charge in [0.2, 0.25) is 6.29 Å². The van der Waals surface area contributed by atoms with E-state index in [2.05, 4.69) is 0 Å². The van der Waals surface area contributed by atoms with Gasteiger partial charge in [-0.2, -0.15) is 0 Å². The van der Waals surface area contributed by atoms with Gasteiger partial charge in [-0.1, -0.05) is 12.6 Å². The lowest BCUT2D eigenvalue weighted by molar-refractivity contribution is -0.322. The van der Waals surface area contributed by atoms with Gasteiger partial charge < -0.3 is 28.4 Å². The Bertz CT molecular complexity index is 633. The number of rotatable bonds is 7. The largest absolute Gasteiger partial charge is 0.462 e. The highest BCUT2D eigenvalue weighted by Gasteiger charge is 2.59. The van der Waals surface area contributed by atoms with Gasteiger partial charge in [0.1, 0.15) is 12.7 Å².